The lowest BCUT2D eigenvalue weighted by Crippen LogP contribution is -2.41. The topological polar surface area (TPSA) is 84.2 Å². The maximum absolute atomic E-state index is 12.6. The molecule has 118 valence electrons. The van der Waals surface area contributed by atoms with Crippen LogP contribution in [0, 0.1) is 30.6 Å². The van der Waals surface area contributed by atoms with Gasteiger partial charge in [0.15, 0.2) is 0 Å². The van der Waals surface area contributed by atoms with Gasteiger partial charge in [-0.15, -0.1) is 0 Å². The predicted octanol–water partition coefficient (Wildman–Crippen LogP) is 1.43. The number of nitrogens with zero attached hydrogens (tertiary/aromatic N) is 2. The molecule has 0 radical (unpaired) electrons. The van der Waals surface area contributed by atoms with Gasteiger partial charge in [0.25, 0.3) is 0 Å². The highest BCUT2D eigenvalue weighted by molar-refractivity contribution is 5.87. The smallest absolute Gasteiger partial charge is 0.307 e. The summed E-state index contributed by atoms with van der Waals surface area (Å²) in [7, 11) is 1.84. The van der Waals surface area contributed by atoms with E-state index in [0.717, 1.165) is 17.7 Å². The summed E-state index contributed by atoms with van der Waals surface area (Å²) >= 11 is 0. The summed E-state index contributed by atoms with van der Waals surface area (Å²) in [5.41, 5.74) is 1.83. The molecule has 1 heterocycles. The first-order valence-electron chi connectivity index (χ1n) is 7.60. The monoisotopic (exact) mass is 303 g/mol. The average molecular weight is 303 g/mol. The van der Waals surface area contributed by atoms with E-state index < -0.39 is 17.8 Å². The van der Waals surface area contributed by atoms with E-state index in [-0.39, 0.29) is 23.8 Å². The van der Waals surface area contributed by atoms with Gasteiger partial charge in [0.1, 0.15) is 0 Å². The summed E-state index contributed by atoms with van der Waals surface area (Å²) in [6, 6.07) is -0.182. The number of hydrogen-bond acceptors (Lipinski definition) is 3. The van der Waals surface area contributed by atoms with Crippen LogP contribution in [0.4, 0.5) is 0 Å². The minimum atomic E-state index is -0.873. The molecular weight excluding hydrogens is 282 g/mol. The highest BCUT2D eigenvalue weighted by Gasteiger charge is 2.51. The van der Waals surface area contributed by atoms with E-state index >= 15 is 0 Å². The molecule has 2 aliphatic carbocycles. The number of amides is 1. The fourth-order valence-electron chi connectivity index (χ4n) is 3.95. The minimum absolute atomic E-state index is 0.00585. The molecule has 5 unspecified atom stereocenters. The molecular formula is C16H21N3O3. The number of carboxylic acids is 1. The summed E-state index contributed by atoms with van der Waals surface area (Å²) in [5, 5.41) is 16.7. The number of carbonyl (C=O) groups is 2. The first-order chi connectivity index (χ1) is 10.4. The number of allylic oxidation sites excluding steroid dienone is 2. The zero-order valence-electron chi connectivity index (χ0n) is 13.0. The van der Waals surface area contributed by atoms with E-state index in [4.69, 9.17) is 0 Å². The van der Waals surface area contributed by atoms with Crippen molar-refractivity contribution >= 4 is 11.9 Å². The second-order valence-electron chi connectivity index (χ2n) is 6.41. The molecule has 6 heteroatoms. The van der Waals surface area contributed by atoms with Crippen molar-refractivity contribution in [2.75, 3.05) is 0 Å². The molecule has 0 aromatic carbocycles. The van der Waals surface area contributed by atoms with Crippen LogP contribution < -0.4 is 5.32 Å². The number of aliphatic carboxylic acids is 1. The Bertz CT molecular complexity index is 649. The maximum atomic E-state index is 12.6. The van der Waals surface area contributed by atoms with Crippen molar-refractivity contribution in [3.05, 3.63) is 29.6 Å². The van der Waals surface area contributed by atoms with Gasteiger partial charge in [0.05, 0.1) is 23.6 Å². The Hall–Kier alpha value is -2.11. The van der Waals surface area contributed by atoms with Gasteiger partial charge in [-0.05, 0) is 32.1 Å². The number of carboxylic acid groups (broad SMARTS) is 1. The van der Waals surface area contributed by atoms with Crippen molar-refractivity contribution in [2.45, 2.75) is 26.3 Å². The van der Waals surface area contributed by atoms with Crippen molar-refractivity contribution in [3.8, 4) is 0 Å². The quantitative estimate of drug-likeness (QED) is 0.824. The minimum Gasteiger partial charge on any atom is -0.481 e. The Labute approximate surface area is 129 Å². The van der Waals surface area contributed by atoms with Crippen molar-refractivity contribution in [1.29, 1.82) is 0 Å². The molecule has 1 aromatic heterocycles. The van der Waals surface area contributed by atoms with Gasteiger partial charge in [-0.1, -0.05) is 12.2 Å². The van der Waals surface area contributed by atoms with E-state index in [0.29, 0.717) is 0 Å². The van der Waals surface area contributed by atoms with E-state index in [1.54, 1.807) is 4.68 Å². The molecule has 5 atom stereocenters. The molecule has 2 N–H and O–H groups in total. The van der Waals surface area contributed by atoms with Crippen molar-refractivity contribution < 1.29 is 14.7 Å². The number of aryl methyl sites for hydroxylation is 2. The molecule has 0 saturated heterocycles. The SMILES string of the molecule is Cc1nn(C)cc1C(C)NC(=O)C1C2C=CC(C2)C1C(=O)O. The number of aromatic nitrogens is 2. The lowest BCUT2D eigenvalue weighted by atomic mass is 9.82. The molecule has 22 heavy (non-hydrogen) atoms. The molecule has 1 amide bonds. The van der Waals surface area contributed by atoms with Crippen LogP contribution in [0.2, 0.25) is 0 Å². The standard InChI is InChI=1S/C16H21N3O3/c1-8(12-7-19(3)18-9(12)2)17-15(20)13-10-4-5-11(6-10)14(13)16(21)22/h4-5,7-8,10-11,13-14H,6H2,1-3H3,(H,17,20)(H,21,22). The predicted molar refractivity (Wildman–Crippen MR) is 79.9 cm³/mol. The Morgan fingerprint density at radius 1 is 1.36 bits per heavy atom. The molecule has 3 rings (SSSR count). The van der Waals surface area contributed by atoms with Gasteiger partial charge in [0, 0.05) is 18.8 Å². The molecule has 6 nitrogen and oxygen atoms in total. The molecule has 2 aliphatic rings. The fourth-order valence-corrected chi connectivity index (χ4v) is 3.95. The van der Waals surface area contributed by atoms with Crippen LogP contribution in [-0.4, -0.2) is 26.8 Å². The summed E-state index contributed by atoms with van der Waals surface area (Å²) < 4.78 is 1.72. The van der Waals surface area contributed by atoms with Crippen LogP contribution in [0.25, 0.3) is 0 Å². The summed E-state index contributed by atoms with van der Waals surface area (Å²) in [6.45, 7) is 3.80. The largest absolute Gasteiger partial charge is 0.481 e. The molecule has 1 aromatic rings. The normalized spacial score (nSPS) is 30.5. The molecule has 1 saturated carbocycles. The number of nitrogens with one attached hydrogen (secondary N) is 1. The third-order valence-electron chi connectivity index (χ3n) is 4.92. The van der Waals surface area contributed by atoms with Crippen LogP contribution in [0.15, 0.2) is 18.3 Å². The first kappa shape index (κ1) is 14.8. The van der Waals surface area contributed by atoms with Gasteiger partial charge >= 0.3 is 5.97 Å². The molecule has 1 fully saturated rings. The number of rotatable bonds is 4. The van der Waals surface area contributed by atoms with Crippen molar-refractivity contribution in [2.24, 2.45) is 30.7 Å². The molecule has 0 aliphatic heterocycles. The fraction of sp³-hybridized carbons (Fsp3) is 0.562. The maximum Gasteiger partial charge on any atom is 0.307 e. The van der Waals surface area contributed by atoms with E-state index in [9.17, 15) is 14.7 Å². The number of hydrogen-bond donors (Lipinski definition) is 2. The lowest BCUT2D eigenvalue weighted by Gasteiger charge is -2.25. The van der Waals surface area contributed by atoms with Crippen LogP contribution in [-0.2, 0) is 16.6 Å². The van der Waals surface area contributed by atoms with Gasteiger partial charge < -0.3 is 10.4 Å². The average Bonchev–Trinajstić information content (AvgIpc) is 3.11. The Balaban J connectivity index is 1.75. The van der Waals surface area contributed by atoms with Gasteiger partial charge in [0.2, 0.25) is 5.91 Å². The van der Waals surface area contributed by atoms with Crippen molar-refractivity contribution in [3.63, 3.8) is 0 Å². The van der Waals surface area contributed by atoms with Gasteiger partial charge in [-0.3, -0.25) is 14.3 Å². The third kappa shape index (κ3) is 2.32. The lowest BCUT2D eigenvalue weighted by molar-refractivity contribution is -0.148. The highest BCUT2D eigenvalue weighted by Crippen LogP contribution is 2.48. The molecule has 0 spiro atoms. The van der Waals surface area contributed by atoms with E-state index in [1.807, 2.05) is 39.2 Å². The second kappa shape index (κ2) is 5.26. The summed E-state index contributed by atoms with van der Waals surface area (Å²) in [6.07, 6.45) is 6.60. The van der Waals surface area contributed by atoms with Crippen LogP contribution >= 0.6 is 0 Å². The Morgan fingerprint density at radius 2 is 2.00 bits per heavy atom. The van der Waals surface area contributed by atoms with Crippen molar-refractivity contribution in [1.82, 2.24) is 15.1 Å². The number of carbonyl (C=O) groups excluding carboxylic acids is 1. The van der Waals surface area contributed by atoms with Gasteiger partial charge in [-0.25, -0.2) is 0 Å². The summed E-state index contributed by atoms with van der Waals surface area (Å²) in [4.78, 5) is 24.1. The Morgan fingerprint density at radius 3 is 2.55 bits per heavy atom. The van der Waals surface area contributed by atoms with Gasteiger partial charge in [-0.2, -0.15) is 5.10 Å². The molecule has 2 bridgehead atoms. The zero-order valence-corrected chi connectivity index (χ0v) is 13.0. The Kier molecular flexibility index (Phi) is 3.54. The van der Waals surface area contributed by atoms with E-state index in [2.05, 4.69) is 10.4 Å². The van der Waals surface area contributed by atoms with Crippen LogP contribution in [0.3, 0.4) is 0 Å². The van der Waals surface area contributed by atoms with Crippen LogP contribution in [0.5, 0.6) is 0 Å². The first-order valence-corrected chi connectivity index (χ1v) is 7.60. The number of fused-ring (bicyclic) bond motifs is 2. The summed E-state index contributed by atoms with van der Waals surface area (Å²) in [5.74, 6) is -2.06. The van der Waals surface area contributed by atoms with E-state index in [1.165, 1.54) is 0 Å². The third-order valence-corrected chi connectivity index (χ3v) is 4.92. The van der Waals surface area contributed by atoms with Crippen LogP contribution in [0.1, 0.15) is 30.6 Å². The zero-order chi connectivity index (χ0) is 16.0. The highest BCUT2D eigenvalue weighted by atomic mass is 16.4. The second-order valence-corrected chi connectivity index (χ2v) is 6.41.